The Labute approximate surface area is 147 Å². The number of rotatable bonds is 3. The number of anilines is 1. The van der Waals surface area contributed by atoms with Crippen LogP contribution in [0.25, 0.3) is 11.3 Å². The van der Waals surface area contributed by atoms with Gasteiger partial charge in [-0.15, -0.1) is 0 Å². The highest BCUT2D eigenvalue weighted by Gasteiger charge is 2.27. The summed E-state index contributed by atoms with van der Waals surface area (Å²) in [5.74, 6) is 0.610. The summed E-state index contributed by atoms with van der Waals surface area (Å²) in [6.07, 6.45) is 3.27. The molecule has 0 bridgehead atoms. The minimum Gasteiger partial charge on any atom is -0.354 e. The lowest BCUT2D eigenvalue weighted by atomic mass is 9.98. The van der Waals surface area contributed by atoms with Gasteiger partial charge < -0.3 is 10.2 Å². The third-order valence-corrected chi connectivity index (χ3v) is 4.70. The first-order chi connectivity index (χ1) is 11.9. The van der Waals surface area contributed by atoms with Crippen LogP contribution >= 0.6 is 0 Å². The molecule has 2 aromatic rings. The van der Waals surface area contributed by atoms with Crippen LogP contribution in [0.1, 0.15) is 32.3 Å². The summed E-state index contributed by atoms with van der Waals surface area (Å²) < 4.78 is 13.8. The van der Waals surface area contributed by atoms with Crippen molar-refractivity contribution in [1.82, 2.24) is 15.3 Å². The standard InChI is InChI=1S/C19H23FN4O/c1-12-4-5-15(9-17(12)20)18-10-19(22-11-21-18)24-7-6-16(8-13(24)2)23-14(3)25/h4-5,9-11,13,16H,6-8H2,1-3H3,(H,23,25). The van der Waals surface area contributed by atoms with E-state index in [1.54, 1.807) is 19.9 Å². The van der Waals surface area contributed by atoms with Crippen LogP contribution in [0, 0.1) is 12.7 Å². The maximum Gasteiger partial charge on any atom is 0.217 e. The number of carbonyl (C=O) groups excluding carboxylic acids is 1. The van der Waals surface area contributed by atoms with E-state index in [-0.39, 0.29) is 23.8 Å². The van der Waals surface area contributed by atoms with E-state index in [0.29, 0.717) is 11.3 Å². The monoisotopic (exact) mass is 342 g/mol. The molecule has 0 aliphatic carbocycles. The van der Waals surface area contributed by atoms with Gasteiger partial charge in [-0.25, -0.2) is 14.4 Å². The number of hydrogen-bond acceptors (Lipinski definition) is 4. The predicted octanol–water partition coefficient (Wildman–Crippen LogP) is 3.08. The molecule has 0 radical (unpaired) electrons. The molecule has 0 spiro atoms. The van der Waals surface area contributed by atoms with Crippen molar-refractivity contribution in [2.24, 2.45) is 0 Å². The summed E-state index contributed by atoms with van der Waals surface area (Å²) in [5, 5.41) is 2.99. The van der Waals surface area contributed by atoms with E-state index in [4.69, 9.17) is 0 Å². The molecule has 1 fully saturated rings. The van der Waals surface area contributed by atoms with Crippen molar-refractivity contribution >= 4 is 11.7 Å². The Morgan fingerprint density at radius 3 is 2.80 bits per heavy atom. The first-order valence-electron chi connectivity index (χ1n) is 8.56. The van der Waals surface area contributed by atoms with Gasteiger partial charge in [-0.1, -0.05) is 12.1 Å². The van der Waals surface area contributed by atoms with Crippen LogP contribution in [-0.4, -0.2) is 34.5 Å². The van der Waals surface area contributed by atoms with Crippen LogP contribution in [0.2, 0.25) is 0 Å². The lowest BCUT2D eigenvalue weighted by Gasteiger charge is -2.38. The molecule has 1 N–H and O–H groups in total. The van der Waals surface area contributed by atoms with E-state index in [1.165, 1.54) is 12.4 Å². The topological polar surface area (TPSA) is 58.1 Å². The zero-order valence-corrected chi connectivity index (χ0v) is 14.8. The Morgan fingerprint density at radius 1 is 1.32 bits per heavy atom. The molecule has 2 atom stereocenters. The molecule has 6 heteroatoms. The summed E-state index contributed by atoms with van der Waals surface area (Å²) >= 11 is 0. The smallest absolute Gasteiger partial charge is 0.217 e. The molecular formula is C19H23FN4O. The van der Waals surface area contributed by atoms with Gasteiger partial charge in [-0.3, -0.25) is 4.79 Å². The lowest BCUT2D eigenvalue weighted by molar-refractivity contribution is -0.119. The third kappa shape index (κ3) is 3.95. The van der Waals surface area contributed by atoms with E-state index in [0.717, 1.165) is 30.8 Å². The molecule has 1 aliphatic rings. The molecule has 1 aromatic carbocycles. The Kier molecular flexibility index (Phi) is 4.97. The van der Waals surface area contributed by atoms with Gasteiger partial charge in [0.2, 0.25) is 5.91 Å². The van der Waals surface area contributed by atoms with Crippen LogP contribution in [-0.2, 0) is 4.79 Å². The molecular weight excluding hydrogens is 319 g/mol. The second kappa shape index (κ2) is 7.17. The van der Waals surface area contributed by atoms with Gasteiger partial charge >= 0.3 is 0 Å². The molecule has 1 amide bonds. The Hall–Kier alpha value is -2.50. The third-order valence-electron chi connectivity index (χ3n) is 4.70. The molecule has 25 heavy (non-hydrogen) atoms. The SMILES string of the molecule is CC(=O)NC1CCN(c2cc(-c3ccc(C)c(F)c3)ncn2)C(C)C1. The molecule has 1 aromatic heterocycles. The van der Waals surface area contributed by atoms with E-state index >= 15 is 0 Å². The largest absolute Gasteiger partial charge is 0.354 e. The Balaban J connectivity index is 1.80. The van der Waals surface area contributed by atoms with Crippen LogP contribution < -0.4 is 10.2 Å². The van der Waals surface area contributed by atoms with Crippen molar-refractivity contribution in [1.29, 1.82) is 0 Å². The molecule has 132 valence electrons. The van der Waals surface area contributed by atoms with Crippen LogP contribution in [0.15, 0.2) is 30.6 Å². The lowest BCUT2D eigenvalue weighted by Crippen LogP contribution is -2.48. The van der Waals surface area contributed by atoms with Crippen molar-refractivity contribution in [3.63, 3.8) is 0 Å². The van der Waals surface area contributed by atoms with Crippen LogP contribution in [0.4, 0.5) is 10.2 Å². The number of hydrogen-bond donors (Lipinski definition) is 1. The Bertz CT molecular complexity index is 780. The quantitative estimate of drug-likeness (QED) is 0.931. The van der Waals surface area contributed by atoms with Crippen molar-refractivity contribution in [3.8, 4) is 11.3 Å². The zero-order chi connectivity index (χ0) is 18.0. The van der Waals surface area contributed by atoms with E-state index < -0.39 is 0 Å². The summed E-state index contributed by atoms with van der Waals surface area (Å²) in [5.41, 5.74) is 2.07. The fraction of sp³-hybridized carbons (Fsp3) is 0.421. The fourth-order valence-electron chi connectivity index (χ4n) is 3.35. The van der Waals surface area contributed by atoms with Gasteiger partial charge in [-0.05, 0) is 38.3 Å². The number of aryl methyl sites for hydroxylation is 1. The normalized spacial score (nSPS) is 20.4. The van der Waals surface area contributed by atoms with E-state index in [2.05, 4.69) is 27.1 Å². The number of benzene rings is 1. The summed E-state index contributed by atoms with van der Waals surface area (Å²) in [6, 6.07) is 7.50. The summed E-state index contributed by atoms with van der Waals surface area (Å²) in [7, 11) is 0. The van der Waals surface area contributed by atoms with Crippen LogP contribution in [0.5, 0.6) is 0 Å². The van der Waals surface area contributed by atoms with E-state index in [9.17, 15) is 9.18 Å². The highest BCUT2D eigenvalue weighted by atomic mass is 19.1. The van der Waals surface area contributed by atoms with Gasteiger partial charge in [0.1, 0.15) is 18.0 Å². The first kappa shape index (κ1) is 17.3. The average Bonchev–Trinajstić information content (AvgIpc) is 2.57. The Morgan fingerprint density at radius 2 is 2.12 bits per heavy atom. The van der Waals surface area contributed by atoms with E-state index in [1.807, 2.05) is 12.1 Å². The number of nitrogens with zero attached hydrogens (tertiary/aromatic N) is 3. The van der Waals surface area contributed by atoms with Crippen molar-refractivity contribution < 1.29 is 9.18 Å². The second-order valence-electron chi connectivity index (χ2n) is 6.69. The minimum absolute atomic E-state index is 0.0105. The number of nitrogens with one attached hydrogen (secondary N) is 1. The van der Waals surface area contributed by atoms with Gasteiger partial charge in [0, 0.05) is 37.2 Å². The number of piperidine rings is 1. The highest BCUT2D eigenvalue weighted by molar-refractivity contribution is 5.73. The molecule has 2 unspecified atom stereocenters. The number of carbonyl (C=O) groups is 1. The maximum absolute atomic E-state index is 13.8. The first-order valence-corrected chi connectivity index (χ1v) is 8.56. The minimum atomic E-state index is -0.234. The van der Waals surface area contributed by atoms with Crippen molar-refractivity contribution in [3.05, 3.63) is 42.0 Å². The summed E-state index contributed by atoms with van der Waals surface area (Å²) in [6.45, 7) is 6.23. The van der Waals surface area contributed by atoms with Gasteiger partial charge in [0.25, 0.3) is 0 Å². The average molecular weight is 342 g/mol. The summed E-state index contributed by atoms with van der Waals surface area (Å²) in [4.78, 5) is 22.2. The van der Waals surface area contributed by atoms with Crippen molar-refractivity contribution in [2.75, 3.05) is 11.4 Å². The van der Waals surface area contributed by atoms with Crippen LogP contribution in [0.3, 0.4) is 0 Å². The molecule has 0 saturated carbocycles. The maximum atomic E-state index is 13.8. The van der Waals surface area contributed by atoms with Gasteiger partial charge in [0.15, 0.2) is 0 Å². The fourth-order valence-corrected chi connectivity index (χ4v) is 3.35. The predicted molar refractivity (Wildman–Crippen MR) is 95.8 cm³/mol. The molecule has 3 rings (SSSR count). The van der Waals surface area contributed by atoms with Crippen molar-refractivity contribution in [2.45, 2.75) is 45.7 Å². The highest BCUT2D eigenvalue weighted by Crippen LogP contribution is 2.27. The second-order valence-corrected chi connectivity index (χ2v) is 6.69. The zero-order valence-electron chi connectivity index (χ0n) is 14.8. The molecule has 2 heterocycles. The van der Waals surface area contributed by atoms with Gasteiger partial charge in [0.05, 0.1) is 5.69 Å². The number of amides is 1. The molecule has 1 saturated heterocycles. The molecule has 5 nitrogen and oxygen atoms in total. The van der Waals surface area contributed by atoms with Gasteiger partial charge in [-0.2, -0.15) is 0 Å². The number of halogens is 1. The number of aromatic nitrogens is 2. The molecule has 1 aliphatic heterocycles.